The standard InChI is InChI=1S/C17H13N3/c18-9-14-6-7-17(8-15(14)10-19)20-11-16(12-20)13-4-2-1-3-5-13/h1-8,16H,11-12H2. The van der Waals surface area contributed by atoms with Gasteiger partial charge in [-0.2, -0.15) is 10.5 Å². The molecular formula is C17H13N3. The zero-order valence-corrected chi connectivity index (χ0v) is 11.0. The van der Waals surface area contributed by atoms with E-state index in [0.29, 0.717) is 17.0 Å². The van der Waals surface area contributed by atoms with E-state index in [4.69, 9.17) is 10.5 Å². The molecule has 0 N–H and O–H groups in total. The van der Waals surface area contributed by atoms with Crippen molar-refractivity contribution in [3.05, 3.63) is 65.2 Å². The predicted molar refractivity (Wildman–Crippen MR) is 77.3 cm³/mol. The highest BCUT2D eigenvalue weighted by molar-refractivity contribution is 5.59. The Morgan fingerprint density at radius 2 is 1.60 bits per heavy atom. The molecule has 96 valence electrons. The van der Waals surface area contributed by atoms with Crippen LogP contribution in [0, 0.1) is 22.7 Å². The highest BCUT2D eigenvalue weighted by Gasteiger charge is 2.28. The average molecular weight is 259 g/mol. The third-order valence-electron chi connectivity index (χ3n) is 3.76. The minimum Gasteiger partial charge on any atom is -0.370 e. The molecule has 1 aliphatic heterocycles. The van der Waals surface area contributed by atoms with E-state index in [-0.39, 0.29) is 0 Å². The smallest absolute Gasteiger partial charge is 0.101 e. The molecule has 0 saturated carbocycles. The van der Waals surface area contributed by atoms with Crippen LogP contribution < -0.4 is 4.90 Å². The molecule has 3 nitrogen and oxygen atoms in total. The van der Waals surface area contributed by atoms with E-state index < -0.39 is 0 Å². The fourth-order valence-corrected chi connectivity index (χ4v) is 2.54. The minimum absolute atomic E-state index is 0.441. The van der Waals surface area contributed by atoms with Crippen LogP contribution in [0.1, 0.15) is 22.6 Å². The Balaban J connectivity index is 1.75. The Kier molecular flexibility index (Phi) is 3.11. The van der Waals surface area contributed by atoms with Crippen LogP contribution in [-0.4, -0.2) is 13.1 Å². The SMILES string of the molecule is N#Cc1ccc(N2CC(c3ccccc3)C2)cc1C#N. The molecule has 3 rings (SSSR count). The Labute approximate surface area is 118 Å². The second kappa shape index (κ2) is 5.07. The van der Waals surface area contributed by atoms with Gasteiger partial charge in [0.05, 0.1) is 11.1 Å². The molecule has 0 atom stereocenters. The maximum atomic E-state index is 9.06. The van der Waals surface area contributed by atoms with Gasteiger partial charge in [-0.05, 0) is 23.8 Å². The minimum atomic E-state index is 0.441. The summed E-state index contributed by atoms with van der Waals surface area (Å²) < 4.78 is 0. The lowest BCUT2D eigenvalue weighted by Gasteiger charge is -2.41. The van der Waals surface area contributed by atoms with Crippen LogP contribution in [0.4, 0.5) is 5.69 Å². The zero-order valence-electron chi connectivity index (χ0n) is 11.0. The summed E-state index contributed by atoms with van der Waals surface area (Å²) in [6.07, 6.45) is 0. The Morgan fingerprint density at radius 3 is 2.25 bits per heavy atom. The topological polar surface area (TPSA) is 50.8 Å². The van der Waals surface area contributed by atoms with Crippen molar-refractivity contribution in [1.29, 1.82) is 10.5 Å². The Bertz CT molecular complexity index is 701. The van der Waals surface area contributed by atoms with Crippen LogP contribution in [0.15, 0.2) is 48.5 Å². The summed E-state index contributed by atoms with van der Waals surface area (Å²) >= 11 is 0. The molecule has 0 radical (unpaired) electrons. The number of nitrogens with zero attached hydrogens (tertiary/aromatic N) is 3. The Morgan fingerprint density at radius 1 is 0.900 bits per heavy atom. The quantitative estimate of drug-likeness (QED) is 0.833. The van der Waals surface area contributed by atoms with E-state index in [0.717, 1.165) is 18.8 Å². The molecule has 0 spiro atoms. The third-order valence-corrected chi connectivity index (χ3v) is 3.76. The second-order valence-corrected chi connectivity index (χ2v) is 4.97. The zero-order chi connectivity index (χ0) is 13.9. The summed E-state index contributed by atoms with van der Waals surface area (Å²) in [6.45, 7) is 1.92. The van der Waals surface area contributed by atoms with Gasteiger partial charge in [-0.1, -0.05) is 30.3 Å². The number of anilines is 1. The number of hydrogen-bond donors (Lipinski definition) is 0. The van der Waals surface area contributed by atoms with Crippen molar-refractivity contribution in [3.8, 4) is 12.1 Å². The first-order valence-corrected chi connectivity index (χ1v) is 6.56. The van der Waals surface area contributed by atoms with Crippen LogP contribution in [0.2, 0.25) is 0 Å². The lowest BCUT2D eigenvalue weighted by molar-refractivity contribution is 0.525. The van der Waals surface area contributed by atoms with Gasteiger partial charge in [0.15, 0.2) is 0 Å². The number of hydrogen-bond acceptors (Lipinski definition) is 3. The second-order valence-electron chi connectivity index (χ2n) is 4.97. The molecule has 20 heavy (non-hydrogen) atoms. The van der Waals surface area contributed by atoms with Crippen LogP contribution in [0.3, 0.4) is 0 Å². The van der Waals surface area contributed by atoms with Gasteiger partial charge in [0, 0.05) is 24.7 Å². The van der Waals surface area contributed by atoms with E-state index in [2.05, 4.69) is 35.2 Å². The lowest BCUT2D eigenvalue weighted by atomic mass is 9.90. The summed E-state index contributed by atoms with van der Waals surface area (Å²) in [4.78, 5) is 2.24. The molecule has 0 amide bonds. The predicted octanol–water partition coefficient (Wildman–Crippen LogP) is 3.03. The molecule has 2 aromatic carbocycles. The summed E-state index contributed by atoms with van der Waals surface area (Å²) in [5, 5.41) is 18.0. The average Bonchev–Trinajstić information content (AvgIpc) is 2.46. The first kappa shape index (κ1) is 12.3. The van der Waals surface area contributed by atoms with Crippen LogP contribution >= 0.6 is 0 Å². The van der Waals surface area contributed by atoms with Crippen molar-refractivity contribution in [2.75, 3.05) is 18.0 Å². The molecule has 0 bridgehead atoms. The van der Waals surface area contributed by atoms with E-state index in [1.54, 1.807) is 12.1 Å². The van der Waals surface area contributed by atoms with Gasteiger partial charge in [-0.15, -0.1) is 0 Å². The highest BCUT2D eigenvalue weighted by atomic mass is 15.2. The van der Waals surface area contributed by atoms with E-state index in [1.807, 2.05) is 18.2 Å². The number of nitriles is 2. The summed E-state index contributed by atoms with van der Waals surface area (Å²) in [5.41, 5.74) is 3.27. The summed E-state index contributed by atoms with van der Waals surface area (Å²) in [5.74, 6) is 0.553. The van der Waals surface area contributed by atoms with Gasteiger partial charge in [0.25, 0.3) is 0 Å². The van der Waals surface area contributed by atoms with Gasteiger partial charge in [0.1, 0.15) is 12.1 Å². The summed E-state index contributed by atoms with van der Waals surface area (Å²) in [7, 11) is 0. The Hall–Kier alpha value is -2.78. The number of rotatable bonds is 2. The molecule has 0 aliphatic carbocycles. The first-order chi connectivity index (χ1) is 9.81. The van der Waals surface area contributed by atoms with Crippen molar-refractivity contribution < 1.29 is 0 Å². The fraction of sp³-hybridized carbons (Fsp3) is 0.176. The van der Waals surface area contributed by atoms with E-state index in [9.17, 15) is 0 Å². The molecule has 0 unspecified atom stereocenters. The molecule has 1 aliphatic rings. The van der Waals surface area contributed by atoms with Crippen molar-refractivity contribution in [2.24, 2.45) is 0 Å². The normalized spacial score (nSPS) is 14.2. The van der Waals surface area contributed by atoms with E-state index >= 15 is 0 Å². The maximum Gasteiger partial charge on any atom is 0.101 e. The van der Waals surface area contributed by atoms with Crippen molar-refractivity contribution in [1.82, 2.24) is 0 Å². The molecule has 0 aromatic heterocycles. The van der Waals surface area contributed by atoms with Gasteiger partial charge in [-0.25, -0.2) is 0 Å². The van der Waals surface area contributed by atoms with Gasteiger partial charge in [0.2, 0.25) is 0 Å². The van der Waals surface area contributed by atoms with Crippen LogP contribution in [0.25, 0.3) is 0 Å². The fourth-order valence-electron chi connectivity index (χ4n) is 2.54. The molecule has 1 heterocycles. The van der Waals surface area contributed by atoms with E-state index in [1.165, 1.54) is 5.56 Å². The third kappa shape index (κ3) is 2.11. The highest BCUT2D eigenvalue weighted by Crippen LogP contribution is 2.32. The molecule has 3 heteroatoms. The number of benzene rings is 2. The first-order valence-electron chi connectivity index (χ1n) is 6.56. The lowest BCUT2D eigenvalue weighted by Crippen LogP contribution is -2.45. The van der Waals surface area contributed by atoms with Crippen LogP contribution in [0.5, 0.6) is 0 Å². The van der Waals surface area contributed by atoms with Crippen molar-refractivity contribution in [3.63, 3.8) is 0 Å². The molecular weight excluding hydrogens is 246 g/mol. The van der Waals surface area contributed by atoms with Crippen molar-refractivity contribution >= 4 is 5.69 Å². The monoisotopic (exact) mass is 259 g/mol. The summed E-state index contributed by atoms with van der Waals surface area (Å²) in [6, 6.07) is 20.0. The molecule has 1 saturated heterocycles. The van der Waals surface area contributed by atoms with Crippen LogP contribution in [-0.2, 0) is 0 Å². The molecule has 1 fully saturated rings. The van der Waals surface area contributed by atoms with Gasteiger partial charge < -0.3 is 4.90 Å². The molecule has 2 aromatic rings. The van der Waals surface area contributed by atoms with Gasteiger partial charge in [-0.3, -0.25) is 0 Å². The van der Waals surface area contributed by atoms with Gasteiger partial charge >= 0.3 is 0 Å². The largest absolute Gasteiger partial charge is 0.370 e. The maximum absolute atomic E-state index is 9.06. The van der Waals surface area contributed by atoms with Crippen molar-refractivity contribution in [2.45, 2.75) is 5.92 Å².